The molecule has 0 aliphatic carbocycles. The first kappa shape index (κ1) is 21.1. The second-order valence-corrected chi connectivity index (χ2v) is 6.69. The van der Waals surface area contributed by atoms with E-state index in [0.717, 1.165) is 33.8 Å². The summed E-state index contributed by atoms with van der Waals surface area (Å²) in [4.78, 5) is 12.0. The van der Waals surface area contributed by atoms with Gasteiger partial charge in [0.25, 0.3) is 0 Å². The second-order valence-electron chi connectivity index (χ2n) is 6.69. The first-order chi connectivity index (χ1) is 14.6. The average molecular weight is 406 g/mol. The van der Waals surface area contributed by atoms with Crippen LogP contribution in [0, 0.1) is 13.8 Å². The van der Waals surface area contributed by atoms with Crippen LogP contribution in [0.4, 0.5) is 10.5 Å². The predicted octanol–water partition coefficient (Wildman–Crippen LogP) is 4.36. The molecule has 2 amide bonds. The summed E-state index contributed by atoms with van der Waals surface area (Å²) in [5.41, 5.74) is 4.66. The van der Waals surface area contributed by atoms with Crippen LogP contribution in [-0.2, 0) is 0 Å². The number of benzene rings is 2. The fourth-order valence-corrected chi connectivity index (χ4v) is 2.81. The van der Waals surface area contributed by atoms with Crippen molar-refractivity contribution in [3.8, 4) is 22.9 Å². The lowest BCUT2D eigenvalue weighted by molar-refractivity contribution is 0.246. The number of hydrogen-bond acceptors (Lipinski definition) is 5. The summed E-state index contributed by atoms with van der Waals surface area (Å²) in [5.74, 6) is 1.23. The molecule has 0 aliphatic heterocycles. The van der Waals surface area contributed by atoms with Gasteiger partial charge in [0.2, 0.25) is 5.88 Å². The summed E-state index contributed by atoms with van der Waals surface area (Å²) in [7, 11) is 0. The first-order valence-corrected chi connectivity index (χ1v) is 9.87. The SMILES string of the molecule is CCOc1ccc(-c2ccc(OCCNC(=O)Nc3cccc(C)c3C)nn2)cc1. The monoisotopic (exact) mass is 406 g/mol. The van der Waals surface area contributed by atoms with Gasteiger partial charge in [0.15, 0.2) is 0 Å². The standard InChI is InChI=1S/C23H26N4O3/c1-4-29-19-10-8-18(9-11-19)21-12-13-22(27-26-21)30-15-14-24-23(28)25-20-7-5-6-16(2)17(20)3/h5-13H,4,14-15H2,1-3H3,(H2,24,25,28). The summed E-state index contributed by atoms with van der Waals surface area (Å²) >= 11 is 0. The van der Waals surface area contributed by atoms with Crippen LogP contribution in [0.1, 0.15) is 18.1 Å². The van der Waals surface area contributed by atoms with Gasteiger partial charge in [0, 0.05) is 17.3 Å². The molecule has 30 heavy (non-hydrogen) atoms. The number of nitrogens with one attached hydrogen (secondary N) is 2. The Bertz CT molecular complexity index is 973. The number of anilines is 1. The topological polar surface area (TPSA) is 85.4 Å². The highest BCUT2D eigenvalue weighted by molar-refractivity contribution is 5.90. The Morgan fingerprint density at radius 1 is 0.967 bits per heavy atom. The molecule has 0 saturated heterocycles. The van der Waals surface area contributed by atoms with Gasteiger partial charge in [-0.15, -0.1) is 10.2 Å². The van der Waals surface area contributed by atoms with Crippen LogP contribution in [0.25, 0.3) is 11.3 Å². The van der Waals surface area contributed by atoms with E-state index in [0.29, 0.717) is 19.0 Å². The zero-order valence-corrected chi connectivity index (χ0v) is 17.4. The van der Waals surface area contributed by atoms with Crippen LogP contribution in [0.3, 0.4) is 0 Å². The van der Waals surface area contributed by atoms with Crippen LogP contribution >= 0.6 is 0 Å². The van der Waals surface area contributed by atoms with E-state index in [1.54, 1.807) is 6.07 Å². The molecule has 0 unspecified atom stereocenters. The van der Waals surface area contributed by atoms with Gasteiger partial charge in [-0.25, -0.2) is 4.79 Å². The molecule has 1 heterocycles. The minimum Gasteiger partial charge on any atom is -0.494 e. The molecule has 0 saturated carbocycles. The zero-order chi connectivity index (χ0) is 21.3. The largest absolute Gasteiger partial charge is 0.494 e. The van der Waals surface area contributed by atoms with E-state index in [1.165, 1.54) is 0 Å². The fourth-order valence-electron chi connectivity index (χ4n) is 2.81. The number of carbonyl (C=O) groups excluding carboxylic acids is 1. The van der Waals surface area contributed by atoms with Crippen LogP contribution in [0.2, 0.25) is 0 Å². The third-order valence-electron chi connectivity index (χ3n) is 4.59. The highest BCUT2D eigenvalue weighted by Crippen LogP contribution is 2.21. The fraction of sp³-hybridized carbons (Fsp3) is 0.261. The molecular formula is C23H26N4O3. The lowest BCUT2D eigenvalue weighted by atomic mass is 10.1. The number of aromatic nitrogens is 2. The smallest absolute Gasteiger partial charge is 0.319 e. The van der Waals surface area contributed by atoms with Gasteiger partial charge in [-0.3, -0.25) is 0 Å². The van der Waals surface area contributed by atoms with Crippen molar-refractivity contribution in [2.45, 2.75) is 20.8 Å². The number of nitrogens with zero attached hydrogens (tertiary/aromatic N) is 2. The number of ether oxygens (including phenoxy) is 2. The number of amides is 2. The lowest BCUT2D eigenvalue weighted by Crippen LogP contribution is -2.32. The van der Waals surface area contributed by atoms with Crippen molar-refractivity contribution in [3.05, 3.63) is 65.7 Å². The highest BCUT2D eigenvalue weighted by Gasteiger charge is 2.06. The van der Waals surface area contributed by atoms with Crippen molar-refractivity contribution in [2.75, 3.05) is 25.1 Å². The Morgan fingerprint density at radius 3 is 2.47 bits per heavy atom. The Morgan fingerprint density at radius 2 is 1.77 bits per heavy atom. The summed E-state index contributed by atoms with van der Waals surface area (Å²) in [6, 6.07) is 16.8. The number of hydrogen-bond donors (Lipinski definition) is 2. The molecule has 2 aromatic carbocycles. The molecule has 0 aliphatic rings. The normalized spacial score (nSPS) is 10.4. The third kappa shape index (κ3) is 5.70. The van der Waals surface area contributed by atoms with Crippen molar-refractivity contribution < 1.29 is 14.3 Å². The Kier molecular flexibility index (Phi) is 7.21. The summed E-state index contributed by atoms with van der Waals surface area (Å²) in [6.45, 7) is 7.20. The molecule has 3 rings (SSSR count). The quantitative estimate of drug-likeness (QED) is 0.543. The van der Waals surface area contributed by atoms with Crippen LogP contribution in [0.15, 0.2) is 54.6 Å². The first-order valence-electron chi connectivity index (χ1n) is 9.87. The van der Waals surface area contributed by atoms with E-state index in [9.17, 15) is 4.79 Å². The van der Waals surface area contributed by atoms with Crippen molar-refractivity contribution in [1.29, 1.82) is 0 Å². The van der Waals surface area contributed by atoms with E-state index in [-0.39, 0.29) is 12.6 Å². The van der Waals surface area contributed by atoms with Gasteiger partial charge in [-0.1, -0.05) is 12.1 Å². The Labute approximate surface area is 176 Å². The van der Waals surface area contributed by atoms with Crippen molar-refractivity contribution >= 4 is 11.7 Å². The van der Waals surface area contributed by atoms with Gasteiger partial charge in [-0.05, 0) is 68.3 Å². The maximum atomic E-state index is 12.0. The van der Waals surface area contributed by atoms with Crippen molar-refractivity contribution in [2.24, 2.45) is 0 Å². The molecule has 156 valence electrons. The van der Waals surface area contributed by atoms with Crippen LogP contribution in [0.5, 0.6) is 11.6 Å². The van der Waals surface area contributed by atoms with Crippen molar-refractivity contribution in [3.63, 3.8) is 0 Å². The van der Waals surface area contributed by atoms with E-state index >= 15 is 0 Å². The highest BCUT2D eigenvalue weighted by atomic mass is 16.5. The zero-order valence-electron chi connectivity index (χ0n) is 17.4. The minimum atomic E-state index is -0.274. The van der Waals surface area contributed by atoms with E-state index in [1.807, 2.05) is 69.3 Å². The lowest BCUT2D eigenvalue weighted by Gasteiger charge is -2.11. The number of urea groups is 1. The van der Waals surface area contributed by atoms with Crippen LogP contribution in [-0.4, -0.2) is 36.0 Å². The molecule has 1 aromatic heterocycles. The number of carbonyl (C=O) groups is 1. The summed E-state index contributed by atoms with van der Waals surface area (Å²) < 4.78 is 11.0. The predicted molar refractivity (Wildman–Crippen MR) is 117 cm³/mol. The van der Waals surface area contributed by atoms with Gasteiger partial charge in [-0.2, -0.15) is 0 Å². The Balaban J connectivity index is 1.44. The second kappa shape index (κ2) is 10.2. The average Bonchev–Trinajstić information content (AvgIpc) is 2.76. The van der Waals surface area contributed by atoms with Gasteiger partial charge in [0.05, 0.1) is 18.8 Å². The molecule has 0 spiro atoms. The van der Waals surface area contributed by atoms with E-state index in [4.69, 9.17) is 9.47 Å². The molecule has 0 atom stereocenters. The molecule has 0 radical (unpaired) electrons. The molecule has 0 fully saturated rings. The van der Waals surface area contributed by atoms with E-state index < -0.39 is 0 Å². The molecule has 2 N–H and O–H groups in total. The summed E-state index contributed by atoms with van der Waals surface area (Å²) in [5, 5.41) is 13.9. The molecular weight excluding hydrogens is 380 g/mol. The van der Waals surface area contributed by atoms with Gasteiger partial charge >= 0.3 is 6.03 Å². The third-order valence-corrected chi connectivity index (χ3v) is 4.59. The van der Waals surface area contributed by atoms with Gasteiger partial charge < -0.3 is 20.1 Å². The molecule has 7 nitrogen and oxygen atoms in total. The maximum absolute atomic E-state index is 12.0. The number of rotatable bonds is 8. The minimum absolute atomic E-state index is 0.274. The Hall–Kier alpha value is -3.61. The summed E-state index contributed by atoms with van der Waals surface area (Å²) in [6.07, 6.45) is 0. The molecule has 3 aromatic rings. The molecule has 0 bridgehead atoms. The van der Waals surface area contributed by atoms with E-state index in [2.05, 4.69) is 20.8 Å². The van der Waals surface area contributed by atoms with Crippen LogP contribution < -0.4 is 20.1 Å². The number of aryl methyl sites for hydroxylation is 1. The van der Waals surface area contributed by atoms with Gasteiger partial charge in [0.1, 0.15) is 12.4 Å². The maximum Gasteiger partial charge on any atom is 0.319 e. The molecule has 7 heteroatoms. The van der Waals surface area contributed by atoms with Crippen molar-refractivity contribution in [1.82, 2.24) is 15.5 Å².